The first-order valence-electron chi connectivity index (χ1n) is 13.9. The second-order valence-electron chi connectivity index (χ2n) is 12.2. The van der Waals surface area contributed by atoms with Gasteiger partial charge in [-0.1, -0.05) is 46.4 Å². The standard InChI is InChI=1S/C31H35F3N2O5S3/c1-18(2)30(11-9-20-10-12-42-17-20)15-24(37)27(28(38)41-30)43-25-13-19(3)23(14-22(25)29(4,5)6)36-44(39,40)26-8-7-21(16-35-26)31(32,33)34/h7-8,10,12-14,16-18,36-37H,9,11,15H2,1-6H3. The predicted octanol–water partition coefficient (Wildman–Crippen LogP) is 8.40. The zero-order valence-corrected chi connectivity index (χ0v) is 27.7. The van der Waals surface area contributed by atoms with Gasteiger partial charge in [-0.05, 0) is 88.9 Å². The highest BCUT2D eigenvalue weighted by atomic mass is 32.2. The van der Waals surface area contributed by atoms with Crippen LogP contribution in [0.2, 0.25) is 0 Å². The van der Waals surface area contributed by atoms with Crippen LogP contribution in [0.15, 0.2) is 67.9 Å². The number of alkyl halides is 3. The Hall–Kier alpha value is -3.03. The van der Waals surface area contributed by atoms with Crippen molar-refractivity contribution < 1.29 is 36.2 Å². The molecule has 2 N–H and O–H groups in total. The average molecular weight is 669 g/mol. The molecule has 0 saturated heterocycles. The molecular weight excluding hydrogens is 634 g/mol. The van der Waals surface area contributed by atoms with Crippen molar-refractivity contribution in [1.29, 1.82) is 0 Å². The van der Waals surface area contributed by atoms with Crippen LogP contribution >= 0.6 is 23.1 Å². The number of nitrogens with one attached hydrogen (secondary N) is 1. The number of anilines is 1. The number of pyridine rings is 1. The normalized spacial score (nSPS) is 18.1. The first-order valence-corrected chi connectivity index (χ1v) is 17.1. The number of sulfonamides is 1. The Balaban J connectivity index is 1.64. The molecule has 0 aliphatic carbocycles. The third-order valence-electron chi connectivity index (χ3n) is 7.61. The first kappa shape index (κ1) is 33.9. The topological polar surface area (TPSA) is 106 Å². The summed E-state index contributed by atoms with van der Waals surface area (Å²) in [7, 11) is -4.32. The number of thioether (sulfide) groups is 1. The number of hydrogen-bond donors (Lipinski definition) is 2. The van der Waals surface area contributed by atoms with Crippen molar-refractivity contribution in [3.05, 3.63) is 80.2 Å². The summed E-state index contributed by atoms with van der Waals surface area (Å²) in [6.07, 6.45) is -2.74. The number of ether oxygens (including phenoxy) is 1. The van der Waals surface area contributed by atoms with E-state index >= 15 is 0 Å². The van der Waals surface area contributed by atoms with Crippen LogP contribution in [0.3, 0.4) is 0 Å². The minimum atomic E-state index is -4.65. The van der Waals surface area contributed by atoms with Gasteiger partial charge in [-0.2, -0.15) is 32.9 Å². The average Bonchev–Trinajstić information content (AvgIpc) is 3.43. The molecule has 2 aromatic heterocycles. The molecular formula is C31H35F3N2O5S3. The van der Waals surface area contributed by atoms with E-state index < -0.39 is 43.8 Å². The third-order valence-corrected chi connectivity index (χ3v) is 10.8. The van der Waals surface area contributed by atoms with Gasteiger partial charge in [0.25, 0.3) is 10.0 Å². The molecule has 3 aromatic rings. The number of rotatable bonds is 9. The summed E-state index contributed by atoms with van der Waals surface area (Å²) in [6, 6.07) is 6.83. The fourth-order valence-electron chi connectivity index (χ4n) is 4.87. The number of hydrogen-bond acceptors (Lipinski definition) is 8. The van der Waals surface area contributed by atoms with Gasteiger partial charge in [0, 0.05) is 17.5 Å². The summed E-state index contributed by atoms with van der Waals surface area (Å²) in [4.78, 5) is 17.6. The molecule has 0 spiro atoms. The lowest BCUT2D eigenvalue weighted by molar-refractivity contribution is -0.164. The minimum Gasteiger partial charge on any atom is -0.511 e. The number of carbonyl (C=O) groups excluding carboxylic acids is 1. The Kier molecular flexibility index (Phi) is 9.54. The highest BCUT2D eigenvalue weighted by Gasteiger charge is 2.44. The van der Waals surface area contributed by atoms with E-state index in [-0.39, 0.29) is 28.7 Å². The summed E-state index contributed by atoms with van der Waals surface area (Å²) < 4.78 is 73.4. The number of benzene rings is 1. The Labute approximate surface area is 264 Å². The molecule has 0 radical (unpaired) electrons. The maximum atomic E-state index is 13.4. The molecule has 1 aliphatic heterocycles. The second kappa shape index (κ2) is 12.4. The van der Waals surface area contributed by atoms with E-state index in [0.717, 1.165) is 23.4 Å². The molecule has 0 fully saturated rings. The van der Waals surface area contributed by atoms with Crippen LogP contribution in [-0.4, -0.2) is 30.1 Å². The fourth-order valence-corrected chi connectivity index (χ4v) is 7.87. The van der Waals surface area contributed by atoms with Crippen molar-refractivity contribution in [3.8, 4) is 0 Å². The van der Waals surface area contributed by atoms with Crippen molar-refractivity contribution in [1.82, 2.24) is 4.98 Å². The van der Waals surface area contributed by atoms with Crippen molar-refractivity contribution in [2.75, 3.05) is 4.72 Å². The Morgan fingerprint density at radius 2 is 1.89 bits per heavy atom. The van der Waals surface area contributed by atoms with Gasteiger partial charge in [0.2, 0.25) is 0 Å². The zero-order chi connectivity index (χ0) is 32.7. The van der Waals surface area contributed by atoms with Gasteiger partial charge in [-0.15, -0.1) is 0 Å². The van der Waals surface area contributed by atoms with Crippen LogP contribution in [0.1, 0.15) is 69.7 Å². The van der Waals surface area contributed by atoms with Gasteiger partial charge in [0.1, 0.15) is 16.3 Å². The fraction of sp³-hybridized carbons (Fsp3) is 0.419. The number of thiophene rings is 1. The molecule has 1 aromatic carbocycles. The monoisotopic (exact) mass is 668 g/mol. The molecule has 1 aliphatic rings. The second-order valence-corrected chi connectivity index (χ2v) is 15.7. The maximum absolute atomic E-state index is 13.4. The molecule has 7 nitrogen and oxygen atoms in total. The predicted molar refractivity (Wildman–Crippen MR) is 166 cm³/mol. The SMILES string of the molecule is Cc1cc(SC2=C(O)CC(CCc3ccsc3)(C(C)C)OC2=O)c(C(C)(C)C)cc1NS(=O)(=O)c1ccc(C(F)(F)F)cn1. The summed E-state index contributed by atoms with van der Waals surface area (Å²) in [6.45, 7) is 11.3. The lowest BCUT2D eigenvalue weighted by Gasteiger charge is -2.40. The summed E-state index contributed by atoms with van der Waals surface area (Å²) >= 11 is 2.66. The van der Waals surface area contributed by atoms with Gasteiger partial charge >= 0.3 is 12.1 Å². The number of esters is 1. The largest absolute Gasteiger partial charge is 0.511 e. The van der Waals surface area contributed by atoms with Crippen molar-refractivity contribution in [2.45, 2.75) is 87.9 Å². The number of nitrogens with zero attached hydrogens (tertiary/aromatic N) is 1. The molecule has 0 saturated carbocycles. The molecule has 3 heterocycles. The molecule has 238 valence electrons. The summed E-state index contributed by atoms with van der Waals surface area (Å²) in [5.74, 6) is -0.716. The van der Waals surface area contributed by atoms with Crippen molar-refractivity contribution >= 4 is 44.8 Å². The number of halogens is 3. The Bertz CT molecular complexity index is 1660. The van der Waals surface area contributed by atoms with E-state index in [1.165, 1.54) is 0 Å². The van der Waals surface area contributed by atoms with Crippen LogP contribution in [0, 0.1) is 12.8 Å². The third kappa shape index (κ3) is 7.43. The highest BCUT2D eigenvalue weighted by molar-refractivity contribution is 8.04. The van der Waals surface area contributed by atoms with E-state index in [4.69, 9.17) is 4.74 Å². The molecule has 0 bridgehead atoms. The minimum absolute atomic E-state index is 0.0439. The summed E-state index contributed by atoms with van der Waals surface area (Å²) in [5.41, 5.74) is 0.0768. The van der Waals surface area contributed by atoms with E-state index in [0.29, 0.717) is 41.1 Å². The molecule has 1 atom stereocenters. The maximum Gasteiger partial charge on any atom is 0.417 e. The van der Waals surface area contributed by atoms with E-state index in [1.54, 1.807) is 30.4 Å². The highest BCUT2D eigenvalue weighted by Crippen LogP contribution is 2.46. The van der Waals surface area contributed by atoms with E-state index in [9.17, 15) is 31.5 Å². The van der Waals surface area contributed by atoms with Gasteiger partial charge in [0.05, 0.1) is 11.3 Å². The molecule has 4 rings (SSSR count). The van der Waals surface area contributed by atoms with Crippen LogP contribution in [0.5, 0.6) is 0 Å². The van der Waals surface area contributed by atoms with Gasteiger partial charge in [0.15, 0.2) is 5.03 Å². The van der Waals surface area contributed by atoms with Crippen LogP contribution in [0.25, 0.3) is 0 Å². The van der Waals surface area contributed by atoms with Gasteiger partial charge in [-0.25, -0.2) is 9.78 Å². The summed E-state index contributed by atoms with van der Waals surface area (Å²) in [5, 5.41) is 14.7. The molecule has 13 heteroatoms. The number of aliphatic hydroxyl groups is 1. The van der Waals surface area contributed by atoms with Crippen LogP contribution in [-0.2, 0) is 37.6 Å². The van der Waals surface area contributed by atoms with Crippen molar-refractivity contribution in [2.24, 2.45) is 5.92 Å². The Morgan fingerprint density at radius 3 is 2.41 bits per heavy atom. The van der Waals surface area contributed by atoms with Gasteiger partial charge < -0.3 is 9.84 Å². The smallest absolute Gasteiger partial charge is 0.417 e. The number of aromatic nitrogens is 1. The van der Waals surface area contributed by atoms with Crippen LogP contribution < -0.4 is 4.72 Å². The van der Waals surface area contributed by atoms with E-state index in [2.05, 4.69) is 15.1 Å². The Morgan fingerprint density at radius 1 is 1.18 bits per heavy atom. The molecule has 44 heavy (non-hydrogen) atoms. The molecule has 1 unspecified atom stereocenters. The number of aliphatic hydroxyl groups excluding tert-OH is 1. The lowest BCUT2D eigenvalue weighted by atomic mass is 9.80. The van der Waals surface area contributed by atoms with Gasteiger partial charge in [-0.3, -0.25) is 4.72 Å². The zero-order valence-electron chi connectivity index (χ0n) is 25.2. The number of cyclic esters (lactones) is 1. The van der Waals surface area contributed by atoms with E-state index in [1.807, 2.05) is 46.1 Å². The number of aryl methyl sites for hydroxylation is 2. The van der Waals surface area contributed by atoms with Crippen LogP contribution in [0.4, 0.5) is 18.9 Å². The quantitative estimate of drug-likeness (QED) is 0.221. The molecule has 0 amide bonds. The van der Waals surface area contributed by atoms with Crippen molar-refractivity contribution in [3.63, 3.8) is 0 Å². The lowest BCUT2D eigenvalue weighted by Crippen LogP contribution is -2.44. The number of carbonyl (C=O) groups is 1. The first-order chi connectivity index (χ1) is 20.3.